The van der Waals surface area contributed by atoms with E-state index >= 15 is 0 Å². The van der Waals surface area contributed by atoms with Gasteiger partial charge in [0.15, 0.2) is 0 Å². The number of hydrogen-bond donors (Lipinski definition) is 1. The van der Waals surface area contributed by atoms with Crippen molar-refractivity contribution in [2.45, 2.75) is 13.0 Å². The van der Waals surface area contributed by atoms with E-state index in [-0.39, 0.29) is 12.5 Å². The van der Waals surface area contributed by atoms with Crippen LogP contribution in [0, 0.1) is 11.8 Å². The van der Waals surface area contributed by atoms with Gasteiger partial charge in [-0.05, 0) is 29.5 Å². The van der Waals surface area contributed by atoms with E-state index in [1.807, 2.05) is 40.6 Å². The number of nitrogens with zero attached hydrogens (tertiary/aromatic N) is 1. The van der Waals surface area contributed by atoms with Crippen molar-refractivity contribution in [1.29, 1.82) is 0 Å². The molecule has 1 N–H and O–H groups in total. The van der Waals surface area contributed by atoms with E-state index < -0.39 is 0 Å². The fourth-order valence-electron chi connectivity index (χ4n) is 2.51. The smallest absolute Gasteiger partial charge is 0.254 e. The summed E-state index contributed by atoms with van der Waals surface area (Å²) in [6, 6.07) is 9.73. The quantitative estimate of drug-likeness (QED) is 0.864. The van der Waals surface area contributed by atoms with Crippen LogP contribution in [-0.4, -0.2) is 29.1 Å². The summed E-state index contributed by atoms with van der Waals surface area (Å²) in [5, 5.41) is 10.8. The molecule has 0 unspecified atom stereocenters. The molecular weight excluding hydrogens is 282 g/mol. The van der Waals surface area contributed by atoms with E-state index in [4.69, 9.17) is 5.11 Å². The lowest BCUT2D eigenvalue weighted by Gasteiger charge is -2.28. The number of benzene rings is 1. The van der Waals surface area contributed by atoms with Crippen LogP contribution in [0.25, 0.3) is 0 Å². The number of aliphatic hydroxyl groups excluding tert-OH is 1. The van der Waals surface area contributed by atoms with Gasteiger partial charge in [0.25, 0.3) is 5.91 Å². The van der Waals surface area contributed by atoms with Crippen LogP contribution in [0.4, 0.5) is 0 Å². The van der Waals surface area contributed by atoms with Crippen molar-refractivity contribution in [1.82, 2.24) is 4.90 Å². The van der Waals surface area contributed by atoms with Gasteiger partial charge < -0.3 is 10.0 Å². The number of thiophene rings is 1. The first-order valence-electron chi connectivity index (χ1n) is 6.83. The Morgan fingerprint density at radius 1 is 1.29 bits per heavy atom. The fraction of sp³-hybridized carbons (Fsp3) is 0.235. The monoisotopic (exact) mass is 297 g/mol. The van der Waals surface area contributed by atoms with Crippen LogP contribution in [0.1, 0.15) is 26.4 Å². The Balaban J connectivity index is 1.81. The number of hydrogen-bond acceptors (Lipinski definition) is 3. The lowest BCUT2D eigenvalue weighted by atomic mass is 9.99. The van der Waals surface area contributed by atoms with Crippen LogP contribution in [0.5, 0.6) is 0 Å². The Morgan fingerprint density at radius 3 is 3.00 bits per heavy atom. The zero-order chi connectivity index (χ0) is 14.7. The highest BCUT2D eigenvalue weighted by molar-refractivity contribution is 7.10. The van der Waals surface area contributed by atoms with Crippen molar-refractivity contribution in [3.63, 3.8) is 0 Å². The molecule has 2 aromatic rings. The van der Waals surface area contributed by atoms with Crippen molar-refractivity contribution >= 4 is 17.2 Å². The second-order valence-electron chi connectivity index (χ2n) is 4.85. The van der Waals surface area contributed by atoms with Crippen molar-refractivity contribution in [2.75, 3.05) is 13.2 Å². The minimum atomic E-state index is -0.148. The first-order chi connectivity index (χ1) is 10.3. The maximum Gasteiger partial charge on any atom is 0.254 e. The standard InChI is InChI=1S/C17H15NO2S/c19-10-3-5-14-8-11-21-16(14)12-18-9-7-13-4-1-2-6-15(13)17(18)20/h1-2,4,6,8,11,19H,7,9-10,12H2. The molecule has 0 bridgehead atoms. The van der Waals surface area contributed by atoms with Crippen molar-refractivity contribution < 1.29 is 9.90 Å². The molecule has 1 aromatic carbocycles. The molecule has 1 aliphatic heterocycles. The third-order valence-corrected chi connectivity index (χ3v) is 4.47. The first-order valence-corrected chi connectivity index (χ1v) is 7.71. The lowest BCUT2D eigenvalue weighted by molar-refractivity contribution is 0.0728. The zero-order valence-corrected chi connectivity index (χ0v) is 12.3. The number of amides is 1. The molecule has 3 nitrogen and oxygen atoms in total. The zero-order valence-electron chi connectivity index (χ0n) is 11.5. The van der Waals surface area contributed by atoms with E-state index in [1.165, 1.54) is 0 Å². The summed E-state index contributed by atoms with van der Waals surface area (Å²) in [7, 11) is 0. The van der Waals surface area contributed by atoms with Crippen LogP contribution in [-0.2, 0) is 13.0 Å². The van der Waals surface area contributed by atoms with Crippen LogP contribution in [0.2, 0.25) is 0 Å². The highest BCUT2D eigenvalue weighted by Crippen LogP contribution is 2.23. The van der Waals surface area contributed by atoms with Gasteiger partial charge in [0.2, 0.25) is 0 Å². The SMILES string of the molecule is O=C1c2ccccc2CCN1Cc1sccc1C#CCO. The van der Waals surface area contributed by atoms with Gasteiger partial charge in [0.05, 0.1) is 6.54 Å². The van der Waals surface area contributed by atoms with Gasteiger partial charge in [0, 0.05) is 22.5 Å². The van der Waals surface area contributed by atoms with Crippen LogP contribution < -0.4 is 0 Å². The van der Waals surface area contributed by atoms with Crippen LogP contribution in [0.3, 0.4) is 0 Å². The molecule has 21 heavy (non-hydrogen) atoms. The molecule has 0 aliphatic carbocycles. The Morgan fingerprint density at radius 2 is 2.14 bits per heavy atom. The molecule has 0 atom stereocenters. The Hall–Kier alpha value is -2.09. The van der Waals surface area contributed by atoms with Crippen molar-refractivity contribution in [3.8, 4) is 11.8 Å². The summed E-state index contributed by atoms with van der Waals surface area (Å²) < 4.78 is 0. The van der Waals surface area contributed by atoms with E-state index in [0.29, 0.717) is 6.54 Å². The predicted octanol–water partition coefficient (Wildman–Crippen LogP) is 2.29. The van der Waals surface area contributed by atoms with Gasteiger partial charge in [-0.15, -0.1) is 11.3 Å². The molecule has 0 saturated carbocycles. The molecule has 0 spiro atoms. The summed E-state index contributed by atoms with van der Waals surface area (Å²) >= 11 is 1.60. The van der Waals surface area contributed by atoms with E-state index in [9.17, 15) is 4.79 Å². The highest BCUT2D eigenvalue weighted by atomic mass is 32.1. The molecule has 2 heterocycles. The van der Waals surface area contributed by atoms with Gasteiger partial charge >= 0.3 is 0 Å². The second-order valence-corrected chi connectivity index (χ2v) is 5.85. The summed E-state index contributed by atoms with van der Waals surface area (Å²) in [6.07, 6.45) is 0.894. The van der Waals surface area contributed by atoms with Gasteiger partial charge in [-0.2, -0.15) is 0 Å². The third kappa shape index (κ3) is 2.85. The van der Waals surface area contributed by atoms with Gasteiger partial charge in [0.1, 0.15) is 6.61 Å². The second kappa shape index (κ2) is 6.13. The first kappa shape index (κ1) is 13.9. The number of carbonyl (C=O) groups excluding carboxylic acids is 1. The maximum absolute atomic E-state index is 12.5. The van der Waals surface area contributed by atoms with E-state index in [0.717, 1.165) is 34.5 Å². The Bertz CT molecular complexity index is 724. The molecule has 106 valence electrons. The Labute approximate surface area is 127 Å². The Kier molecular flexibility index (Phi) is 4.05. The van der Waals surface area contributed by atoms with Crippen LogP contribution >= 0.6 is 11.3 Å². The number of aliphatic hydroxyl groups is 1. The average Bonchev–Trinajstić information content (AvgIpc) is 2.95. The number of carbonyl (C=O) groups is 1. The van der Waals surface area contributed by atoms with Crippen molar-refractivity contribution in [2.24, 2.45) is 0 Å². The summed E-state index contributed by atoms with van der Waals surface area (Å²) in [6.45, 7) is 1.17. The number of fused-ring (bicyclic) bond motifs is 1. The fourth-order valence-corrected chi connectivity index (χ4v) is 3.35. The highest BCUT2D eigenvalue weighted by Gasteiger charge is 2.24. The van der Waals surface area contributed by atoms with Gasteiger partial charge in [-0.1, -0.05) is 30.0 Å². The molecule has 1 aromatic heterocycles. The van der Waals surface area contributed by atoms with Crippen LogP contribution in [0.15, 0.2) is 35.7 Å². The third-order valence-electron chi connectivity index (χ3n) is 3.57. The topological polar surface area (TPSA) is 40.5 Å². The maximum atomic E-state index is 12.5. The summed E-state index contributed by atoms with van der Waals surface area (Å²) in [5.74, 6) is 5.69. The minimum Gasteiger partial charge on any atom is -0.384 e. The molecule has 1 amide bonds. The van der Waals surface area contributed by atoms with E-state index in [2.05, 4.69) is 11.8 Å². The normalized spacial score (nSPS) is 13.6. The number of rotatable bonds is 2. The van der Waals surface area contributed by atoms with Gasteiger partial charge in [-0.25, -0.2) is 0 Å². The molecule has 3 rings (SSSR count). The lowest BCUT2D eigenvalue weighted by Crippen LogP contribution is -2.36. The van der Waals surface area contributed by atoms with E-state index in [1.54, 1.807) is 11.3 Å². The molecule has 4 heteroatoms. The molecule has 1 aliphatic rings. The molecule has 0 saturated heterocycles. The summed E-state index contributed by atoms with van der Waals surface area (Å²) in [5.41, 5.74) is 2.84. The molecule has 0 radical (unpaired) electrons. The predicted molar refractivity (Wildman–Crippen MR) is 83.2 cm³/mol. The largest absolute Gasteiger partial charge is 0.384 e. The summed E-state index contributed by atoms with van der Waals surface area (Å²) in [4.78, 5) is 15.5. The average molecular weight is 297 g/mol. The van der Waals surface area contributed by atoms with Gasteiger partial charge in [-0.3, -0.25) is 4.79 Å². The molecular formula is C17H15NO2S. The van der Waals surface area contributed by atoms with Crippen molar-refractivity contribution in [3.05, 3.63) is 57.3 Å². The minimum absolute atomic E-state index is 0.0892. The molecule has 0 fully saturated rings.